The average molecular weight is 256 g/mol. The molecular weight excluding hydrogens is 232 g/mol. The van der Waals surface area contributed by atoms with Crippen molar-refractivity contribution in [3.05, 3.63) is 0 Å². The summed E-state index contributed by atoms with van der Waals surface area (Å²) in [6, 6.07) is -0.997. The van der Waals surface area contributed by atoms with Gasteiger partial charge in [0.25, 0.3) is 0 Å². The quantitative estimate of drug-likeness (QED) is 0.719. The van der Waals surface area contributed by atoms with Crippen LogP contribution in [-0.4, -0.2) is 29.2 Å². The monoisotopic (exact) mass is 256 g/mol. The summed E-state index contributed by atoms with van der Waals surface area (Å²) >= 11 is 0. The molecule has 5 nitrogen and oxygen atoms in total. The molecule has 1 rings (SSSR count). The van der Waals surface area contributed by atoms with E-state index in [0.29, 0.717) is 18.3 Å². The molecule has 4 atom stereocenters. The van der Waals surface area contributed by atoms with Crippen molar-refractivity contribution in [2.75, 3.05) is 0 Å². The Balaban J connectivity index is 2.38. The summed E-state index contributed by atoms with van der Waals surface area (Å²) in [4.78, 5) is 22.5. The second-order valence-electron chi connectivity index (χ2n) is 5.38. The van der Waals surface area contributed by atoms with Crippen LogP contribution in [0.4, 0.5) is 4.79 Å². The highest BCUT2D eigenvalue weighted by atomic mass is 16.4. The summed E-state index contributed by atoms with van der Waals surface area (Å²) in [7, 11) is 0. The number of carboxylic acid groups (broad SMARTS) is 1. The third-order valence-corrected chi connectivity index (χ3v) is 3.95. The number of hydrogen-bond donors (Lipinski definition) is 3. The van der Waals surface area contributed by atoms with E-state index in [0.717, 1.165) is 19.3 Å². The molecule has 0 aliphatic heterocycles. The van der Waals surface area contributed by atoms with Gasteiger partial charge in [-0.2, -0.15) is 0 Å². The minimum Gasteiger partial charge on any atom is -0.480 e. The van der Waals surface area contributed by atoms with Gasteiger partial charge < -0.3 is 15.7 Å². The van der Waals surface area contributed by atoms with E-state index in [1.807, 2.05) is 0 Å². The highest BCUT2D eigenvalue weighted by Crippen LogP contribution is 2.29. The molecule has 1 saturated carbocycles. The summed E-state index contributed by atoms with van der Waals surface area (Å²) < 4.78 is 0. The minimum atomic E-state index is -0.988. The molecule has 0 aromatic carbocycles. The van der Waals surface area contributed by atoms with Crippen molar-refractivity contribution in [2.45, 2.75) is 58.5 Å². The lowest BCUT2D eigenvalue weighted by atomic mass is 9.79. The lowest BCUT2D eigenvalue weighted by Gasteiger charge is -2.32. The molecule has 2 amide bonds. The maximum atomic E-state index is 11.7. The predicted octanol–water partition coefficient (Wildman–Crippen LogP) is 1.97. The number of rotatable bonds is 4. The zero-order valence-corrected chi connectivity index (χ0v) is 11.4. The average Bonchev–Trinajstić information content (AvgIpc) is 2.30. The molecule has 3 N–H and O–H groups in total. The van der Waals surface area contributed by atoms with Gasteiger partial charge in [0.05, 0.1) is 0 Å². The first kappa shape index (κ1) is 14.8. The summed E-state index contributed by atoms with van der Waals surface area (Å²) in [5.41, 5.74) is 0. The molecule has 0 radical (unpaired) electrons. The second kappa shape index (κ2) is 6.61. The predicted molar refractivity (Wildman–Crippen MR) is 69.3 cm³/mol. The third-order valence-electron chi connectivity index (χ3n) is 3.95. The number of carbonyl (C=O) groups is 2. The van der Waals surface area contributed by atoms with Gasteiger partial charge >= 0.3 is 12.0 Å². The van der Waals surface area contributed by atoms with Crippen molar-refractivity contribution in [1.82, 2.24) is 10.6 Å². The van der Waals surface area contributed by atoms with Gasteiger partial charge in [0.1, 0.15) is 6.04 Å². The molecule has 0 bridgehead atoms. The first-order valence-corrected chi connectivity index (χ1v) is 6.73. The van der Waals surface area contributed by atoms with Gasteiger partial charge in [-0.15, -0.1) is 0 Å². The lowest BCUT2D eigenvalue weighted by Crippen LogP contribution is -2.50. The van der Waals surface area contributed by atoms with Gasteiger partial charge in [0.2, 0.25) is 0 Å². The molecule has 18 heavy (non-hydrogen) atoms. The Morgan fingerprint density at radius 2 is 1.94 bits per heavy atom. The number of carboxylic acids is 1. The Hall–Kier alpha value is -1.26. The molecule has 1 aliphatic rings. The number of carbonyl (C=O) groups excluding carboxylic acids is 1. The molecule has 0 saturated heterocycles. The summed E-state index contributed by atoms with van der Waals surface area (Å²) in [5, 5.41) is 14.2. The van der Waals surface area contributed by atoms with Crippen LogP contribution < -0.4 is 10.6 Å². The van der Waals surface area contributed by atoms with Gasteiger partial charge in [-0.1, -0.05) is 20.8 Å². The van der Waals surface area contributed by atoms with Crippen LogP contribution in [0.1, 0.15) is 46.5 Å². The normalized spacial score (nSPS) is 29.4. The fourth-order valence-corrected chi connectivity index (χ4v) is 2.40. The fourth-order valence-electron chi connectivity index (χ4n) is 2.40. The van der Waals surface area contributed by atoms with Gasteiger partial charge in [0, 0.05) is 6.04 Å². The molecule has 3 unspecified atom stereocenters. The van der Waals surface area contributed by atoms with Crippen LogP contribution in [0.3, 0.4) is 0 Å². The molecule has 0 spiro atoms. The number of amides is 2. The fraction of sp³-hybridized carbons (Fsp3) is 0.846. The van der Waals surface area contributed by atoms with E-state index < -0.39 is 12.0 Å². The van der Waals surface area contributed by atoms with Gasteiger partial charge in [-0.05, 0) is 37.5 Å². The van der Waals surface area contributed by atoms with Crippen molar-refractivity contribution in [2.24, 2.45) is 11.8 Å². The summed E-state index contributed by atoms with van der Waals surface area (Å²) in [5.74, 6) is 0.317. The van der Waals surface area contributed by atoms with Crippen LogP contribution in [0.25, 0.3) is 0 Å². The first-order chi connectivity index (χ1) is 8.43. The van der Waals surface area contributed by atoms with Crippen molar-refractivity contribution in [3.63, 3.8) is 0 Å². The van der Waals surface area contributed by atoms with Crippen LogP contribution in [-0.2, 0) is 4.79 Å². The highest BCUT2D eigenvalue weighted by molar-refractivity contribution is 5.82. The molecule has 0 aromatic rings. The van der Waals surface area contributed by atoms with Gasteiger partial charge in [-0.25, -0.2) is 9.59 Å². The Bertz CT molecular complexity index is 307. The Labute approximate surface area is 108 Å². The van der Waals surface area contributed by atoms with E-state index in [9.17, 15) is 9.59 Å². The Morgan fingerprint density at radius 3 is 2.44 bits per heavy atom. The second-order valence-corrected chi connectivity index (χ2v) is 5.38. The van der Waals surface area contributed by atoms with Gasteiger partial charge in [-0.3, -0.25) is 0 Å². The Kier molecular flexibility index (Phi) is 5.44. The summed E-state index contributed by atoms with van der Waals surface area (Å²) in [6.45, 7) is 6.17. The largest absolute Gasteiger partial charge is 0.480 e. The maximum Gasteiger partial charge on any atom is 0.326 e. The molecule has 104 valence electrons. The van der Waals surface area contributed by atoms with E-state index in [1.165, 1.54) is 0 Å². The Morgan fingerprint density at radius 1 is 1.28 bits per heavy atom. The van der Waals surface area contributed by atoms with Crippen LogP contribution in [0.2, 0.25) is 0 Å². The number of aliphatic carboxylic acids is 1. The molecule has 1 fully saturated rings. The van der Waals surface area contributed by atoms with Crippen molar-refractivity contribution in [1.29, 1.82) is 0 Å². The van der Waals surface area contributed by atoms with E-state index in [2.05, 4.69) is 24.5 Å². The van der Waals surface area contributed by atoms with E-state index in [4.69, 9.17) is 5.11 Å². The third kappa shape index (κ3) is 4.20. The zero-order chi connectivity index (χ0) is 13.7. The number of hydrogen-bond acceptors (Lipinski definition) is 2. The van der Waals surface area contributed by atoms with E-state index in [-0.39, 0.29) is 12.1 Å². The lowest BCUT2D eigenvalue weighted by molar-refractivity contribution is -0.139. The minimum absolute atomic E-state index is 0.169. The molecule has 5 heteroatoms. The van der Waals surface area contributed by atoms with Gasteiger partial charge in [0.15, 0.2) is 0 Å². The molecule has 0 aromatic heterocycles. The smallest absolute Gasteiger partial charge is 0.326 e. The van der Waals surface area contributed by atoms with Crippen molar-refractivity contribution in [3.8, 4) is 0 Å². The van der Waals surface area contributed by atoms with E-state index in [1.54, 1.807) is 6.92 Å². The van der Waals surface area contributed by atoms with Crippen molar-refractivity contribution < 1.29 is 14.7 Å². The van der Waals surface area contributed by atoms with Crippen LogP contribution in [0, 0.1) is 11.8 Å². The van der Waals surface area contributed by atoms with Crippen LogP contribution >= 0.6 is 0 Å². The molecule has 1 aliphatic carbocycles. The SMILES string of the molecule is CC[C@H](NC(=O)NC1CCC(C)C(C)C1)C(=O)O. The van der Waals surface area contributed by atoms with Crippen LogP contribution in [0.15, 0.2) is 0 Å². The first-order valence-electron chi connectivity index (χ1n) is 6.73. The van der Waals surface area contributed by atoms with Crippen LogP contribution in [0.5, 0.6) is 0 Å². The molecule has 0 heterocycles. The number of urea groups is 1. The zero-order valence-electron chi connectivity index (χ0n) is 11.4. The number of nitrogens with one attached hydrogen (secondary N) is 2. The van der Waals surface area contributed by atoms with E-state index >= 15 is 0 Å². The van der Waals surface area contributed by atoms with Crippen molar-refractivity contribution >= 4 is 12.0 Å². The topological polar surface area (TPSA) is 78.4 Å². The standard InChI is InChI=1S/C13H24N2O3/c1-4-11(12(16)17)15-13(18)14-10-6-5-8(2)9(3)7-10/h8-11H,4-7H2,1-3H3,(H,16,17)(H2,14,15,18)/t8?,9?,10?,11-/m0/s1. The molecular formula is C13H24N2O3. The highest BCUT2D eigenvalue weighted by Gasteiger charge is 2.26. The maximum absolute atomic E-state index is 11.7. The summed E-state index contributed by atoms with van der Waals surface area (Å²) in [6.07, 6.45) is 3.45.